The Balaban J connectivity index is 2.22. The predicted molar refractivity (Wildman–Crippen MR) is 84.2 cm³/mol. The van der Waals surface area contributed by atoms with E-state index in [0.29, 0.717) is 18.8 Å². The molecular formula is C18H20O4. The summed E-state index contributed by atoms with van der Waals surface area (Å²) < 4.78 is 10.8. The second kappa shape index (κ2) is 8.20. The van der Waals surface area contributed by atoms with Gasteiger partial charge >= 0.3 is 6.16 Å². The van der Waals surface area contributed by atoms with Gasteiger partial charge in [0.2, 0.25) is 0 Å². The predicted octanol–water partition coefficient (Wildman–Crippen LogP) is 4.45. The van der Waals surface area contributed by atoms with Crippen molar-refractivity contribution < 1.29 is 19.4 Å². The monoisotopic (exact) mass is 300 g/mol. The summed E-state index contributed by atoms with van der Waals surface area (Å²) in [5.41, 5.74) is 1.89. The van der Waals surface area contributed by atoms with Crippen LogP contribution in [0, 0.1) is 0 Å². The molecule has 1 unspecified atom stereocenters. The molecule has 0 radical (unpaired) electrons. The number of para-hydroxylation sites is 1. The largest absolute Gasteiger partial charge is 0.511 e. The van der Waals surface area contributed by atoms with Gasteiger partial charge in [-0.05, 0) is 23.6 Å². The van der Waals surface area contributed by atoms with E-state index in [2.05, 4.69) is 6.92 Å². The minimum atomic E-state index is -1.31. The Morgan fingerprint density at radius 1 is 1.09 bits per heavy atom. The number of carboxylic acid groups (broad SMARTS) is 1. The van der Waals surface area contributed by atoms with Gasteiger partial charge in [-0.1, -0.05) is 55.5 Å². The molecule has 2 aromatic carbocycles. The molecule has 22 heavy (non-hydrogen) atoms. The zero-order chi connectivity index (χ0) is 15.8. The quantitative estimate of drug-likeness (QED) is 0.606. The van der Waals surface area contributed by atoms with Gasteiger partial charge in [0.1, 0.15) is 5.75 Å². The van der Waals surface area contributed by atoms with Crippen LogP contribution in [0.25, 0.3) is 0 Å². The van der Waals surface area contributed by atoms with Crippen molar-refractivity contribution in [3.63, 3.8) is 0 Å². The SMILES string of the molecule is CCCOC(Cc1ccccc1OC(=O)O)c1ccccc1. The minimum Gasteiger partial charge on any atom is -0.449 e. The molecule has 0 saturated heterocycles. The van der Waals surface area contributed by atoms with Gasteiger partial charge in [0.05, 0.1) is 6.10 Å². The third-order valence-corrected chi connectivity index (χ3v) is 3.27. The lowest BCUT2D eigenvalue weighted by molar-refractivity contribution is 0.0527. The number of benzene rings is 2. The average molecular weight is 300 g/mol. The fourth-order valence-corrected chi connectivity index (χ4v) is 2.27. The van der Waals surface area contributed by atoms with Crippen LogP contribution in [-0.2, 0) is 11.2 Å². The van der Waals surface area contributed by atoms with Gasteiger partial charge in [0.25, 0.3) is 0 Å². The van der Waals surface area contributed by atoms with E-state index in [1.807, 2.05) is 42.5 Å². The highest BCUT2D eigenvalue weighted by Gasteiger charge is 2.16. The lowest BCUT2D eigenvalue weighted by Gasteiger charge is -2.19. The second-order valence-electron chi connectivity index (χ2n) is 4.95. The van der Waals surface area contributed by atoms with Crippen molar-refractivity contribution in [1.82, 2.24) is 0 Å². The minimum absolute atomic E-state index is 0.125. The lowest BCUT2D eigenvalue weighted by atomic mass is 10.0. The van der Waals surface area contributed by atoms with Crippen LogP contribution in [-0.4, -0.2) is 17.9 Å². The van der Waals surface area contributed by atoms with Gasteiger partial charge < -0.3 is 14.6 Å². The summed E-state index contributed by atoms with van der Waals surface area (Å²) in [7, 11) is 0. The molecule has 1 atom stereocenters. The second-order valence-corrected chi connectivity index (χ2v) is 4.95. The van der Waals surface area contributed by atoms with Crippen LogP contribution in [0.3, 0.4) is 0 Å². The number of ether oxygens (including phenoxy) is 2. The van der Waals surface area contributed by atoms with E-state index in [4.69, 9.17) is 14.6 Å². The summed E-state index contributed by atoms with van der Waals surface area (Å²) in [4.78, 5) is 10.8. The molecule has 0 aromatic heterocycles. The van der Waals surface area contributed by atoms with Crippen molar-refractivity contribution in [2.75, 3.05) is 6.61 Å². The fraction of sp³-hybridized carbons (Fsp3) is 0.278. The highest BCUT2D eigenvalue weighted by atomic mass is 16.7. The van der Waals surface area contributed by atoms with Gasteiger partial charge in [-0.25, -0.2) is 4.79 Å². The number of carbonyl (C=O) groups is 1. The highest BCUT2D eigenvalue weighted by molar-refractivity contribution is 5.62. The first-order valence-electron chi connectivity index (χ1n) is 7.36. The van der Waals surface area contributed by atoms with Crippen LogP contribution in [0.5, 0.6) is 5.75 Å². The Bertz CT molecular complexity index is 595. The first-order valence-corrected chi connectivity index (χ1v) is 7.36. The van der Waals surface area contributed by atoms with Crippen molar-refractivity contribution in [1.29, 1.82) is 0 Å². The van der Waals surface area contributed by atoms with Crippen molar-refractivity contribution in [2.45, 2.75) is 25.9 Å². The summed E-state index contributed by atoms with van der Waals surface area (Å²) >= 11 is 0. The molecule has 0 heterocycles. The van der Waals surface area contributed by atoms with Gasteiger partial charge in [0, 0.05) is 13.0 Å². The number of hydrogen-bond acceptors (Lipinski definition) is 3. The molecule has 0 saturated carbocycles. The molecule has 0 aliphatic rings. The molecule has 1 N–H and O–H groups in total. The maximum absolute atomic E-state index is 10.8. The maximum atomic E-state index is 10.8. The van der Waals surface area contributed by atoms with E-state index in [1.165, 1.54) is 0 Å². The Morgan fingerprint density at radius 2 is 1.77 bits per heavy atom. The van der Waals surface area contributed by atoms with Crippen molar-refractivity contribution in [2.24, 2.45) is 0 Å². The Hall–Kier alpha value is -2.33. The van der Waals surface area contributed by atoms with Crippen LogP contribution >= 0.6 is 0 Å². The van der Waals surface area contributed by atoms with Gasteiger partial charge in [0.15, 0.2) is 0 Å². The van der Waals surface area contributed by atoms with Gasteiger partial charge in [-0.3, -0.25) is 0 Å². The zero-order valence-electron chi connectivity index (χ0n) is 12.6. The first-order chi connectivity index (χ1) is 10.7. The molecule has 0 bridgehead atoms. The standard InChI is InChI=1S/C18H20O4/c1-2-12-21-17(14-8-4-3-5-9-14)13-15-10-6-7-11-16(15)22-18(19)20/h3-11,17H,2,12-13H2,1H3,(H,19,20). The molecular weight excluding hydrogens is 280 g/mol. The third-order valence-electron chi connectivity index (χ3n) is 3.27. The van der Waals surface area contributed by atoms with Crippen LogP contribution in [0.2, 0.25) is 0 Å². The Labute approximate surface area is 130 Å². The molecule has 2 aromatic rings. The topological polar surface area (TPSA) is 55.8 Å². The summed E-state index contributed by atoms with van der Waals surface area (Å²) in [6.45, 7) is 2.71. The zero-order valence-corrected chi connectivity index (χ0v) is 12.6. The summed E-state index contributed by atoms with van der Waals surface area (Å²) in [6.07, 6.45) is 0.0576. The normalized spacial score (nSPS) is 11.9. The van der Waals surface area contributed by atoms with E-state index in [9.17, 15) is 4.79 Å². The number of hydrogen-bond donors (Lipinski definition) is 1. The number of rotatable bonds is 7. The fourth-order valence-electron chi connectivity index (χ4n) is 2.27. The van der Waals surface area contributed by atoms with Gasteiger partial charge in [-0.2, -0.15) is 0 Å². The summed E-state index contributed by atoms with van der Waals surface area (Å²) in [6, 6.07) is 17.1. The van der Waals surface area contributed by atoms with Crippen LogP contribution < -0.4 is 4.74 Å². The molecule has 0 spiro atoms. The Kier molecular flexibility index (Phi) is 5.98. The van der Waals surface area contributed by atoms with Crippen molar-refractivity contribution in [3.8, 4) is 5.75 Å². The summed E-state index contributed by atoms with van der Waals surface area (Å²) in [5.74, 6) is 0.357. The van der Waals surface area contributed by atoms with E-state index < -0.39 is 6.16 Å². The summed E-state index contributed by atoms with van der Waals surface area (Å²) in [5, 5.41) is 8.83. The molecule has 0 aliphatic heterocycles. The van der Waals surface area contributed by atoms with E-state index in [0.717, 1.165) is 17.5 Å². The molecule has 2 rings (SSSR count). The van der Waals surface area contributed by atoms with Crippen LogP contribution in [0.1, 0.15) is 30.6 Å². The average Bonchev–Trinajstić information content (AvgIpc) is 2.53. The van der Waals surface area contributed by atoms with E-state index >= 15 is 0 Å². The maximum Gasteiger partial charge on any atom is 0.511 e. The van der Waals surface area contributed by atoms with E-state index in [1.54, 1.807) is 12.1 Å². The van der Waals surface area contributed by atoms with Crippen molar-refractivity contribution >= 4 is 6.16 Å². The molecule has 116 valence electrons. The molecule has 0 fully saturated rings. The van der Waals surface area contributed by atoms with Crippen LogP contribution in [0.15, 0.2) is 54.6 Å². The van der Waals surface area contributed by atoms with Crippen molar-refractivity contribution in [3.05, 3.63) is 65.7 Å². The molecule has 4 nitrogen and oxygen atoms in total. The smallest absolute Gasteiger partial charge is 0.449 e. The first kappa shape index (κ1) is 16.0. The Morgan fingerprint density at radius 3 is 2.45 bits per heavy atom. The highest BCUT2D eigenvalue weighted by Crippen LogP contribution is 2.27. The third kappa shape index (κ3) is 4.60. The van der Waals surface area contributed by atoms with Gasteiger partial charge in [-0.15, -0.1) is 0 Å². The molecule has 0 amide bonds. The lowest BCUT2D eigenvalue weighted by Crippen LogP contribution is -2.11. The molecule has 0 aliphatic carbocycles. The van der Waals surface area contributed by atoms with E-state index in [-0.39, 0.29) is 6.10 Å². The van der Waals surface area contributed by atoms with Crippen LogP contribution in [0.4, 0.5) is 4.79 Å². The molecule has 4 heteroatoms.